The third kappa shape index (κ3) is 1.91. The molecule has 0 radical (unpaired) electrons. The van der Waals surface area contributed by atoms with Gasteiger partial charge in [-0.25, -0.2) is 0 Å². The van der Waals surface area contributed by atoms with Gasteiger partial charge in [0.2, 0.25) is 0 Å². The molecule has 0 unspecified atom stereocenters. The van der Waals surface area contributed by atoms with Crippen molar-refractivity contribution in [3.8, 4) is 0 Å². The number of carbonyl (C=O) groups excluding carboxylic acids is 1. The van der Waals surface area contributed by atoms with Crippen molar-refractivity contribution in [2.45, 2.75) is 19.3 Å². The molecule has 0 atom stereocenters. The number of carbonyl (C=O) groups is 1. The number of benzene rings is 1. The van der Waals surface area contributed by atoms with Gasteiger partial charge < -0.3 is 0 Å². The summed E-state index contributed by atoms with van der Waals surface area (Å²) in [7, 11) is 0. The molecule has 0 aliphatic heterocycles. The Morgan fingerprint density at radius 3 is 2.54 bits per heavy atom. The van der Waals surface area contributed by atoms with Gasteiger partial charge in [0.15, 0.2) is 6.29 Å². The van der Waals surface area contributed by atoms with Crippen molar-refractivity contribution in [3.05, 3.63) is 35.4 Å². The van der Waals surface area contributed by atoms with Crippen LogP contribution in [0.25, 0.3) is 0 Å². The summed E-state index contributed by atoms with van der Waals surface area (Å²) in [6.07, 6.45) is 0.182. The maximum absolute atomic E-state index is 13.0. The number of rotatable bonds is 3. The van der Waals surface area contributed by atoms with Gasteiger partial charge in [-0.2, -0.15) is 8.78 Å². The largest absolute Gasteiger partial charge is 0.327 e. The number of aldehydes is 1. The van der Waals surface area contributed by atoms with E-state index in [2.05, 4.69) is 0 Å². The molecule has 1 rings (SSSR count). The van der Waals surface area contributed by atoms with Gasteiger partial charge in [0.1, 0.15) is 0 Å². The normalized spacial score (nSPS) is 11.3. The van der Waals surface area contributed by atoms with E-state index in [1.54, 1.807) is 19.1 Å². The van der Waals surface area contributed by atoms with Gasteiger partial charge in [-0.05, 0) is 12.0 Å². The van der Waals surface area contributed by atoms with E-state index in [-0.39, 0.29) is 11.8 Å². The Bertz CT molecular complexity index is 308. The highest BCUT2D eigenvalue weighted by Gasteiger charge is 2.32. The Labute approximate surface area is 75.4 Å². The first-order valence-electron chi connectivity index (χ1n) is 4.04. The topological polar surface area (TPSA) is 17.1 Å². The zero-order chi connectivity index (χ0) is 9.90. The minimum atomic E-state index is -3.35. The van der Waals surface area contributed by atoms with Crippen LogP contribution in [0.2, 0.25) is 0 Å². The molecule has 1 aromatic rings. The summed E-state index contributed by atoms with van der Waals surface area (Å²) >= 11 is 0. The summed E-state index contributed by atoms with van der Waals surface area (Å²) in [4.78, 5) is 10.1. The molecule has 0 amide bonds. The van der Waals surface area contributed by atoms with E-state index in [1.165, 1.54) is 12.1 Å². The van der Waals surface area contributed by atoms with Crippen molar-refractivity contribution in [2.24, 2.45) is 0 Å². The number of hydrogen-bond acceptors (Lipinski definition) is 1. The lowest BCUT2D eigenvalue weighted by atomic mass is 10.0. The van der Waals surface area contributed by atoms with Crippen LogP contribution in [0.1, 0.15) is 18.1 Å². The number of hydrogen-bond donors (Lipinski definition) is 0. The fourth-order valence-electron chi connectivity index (χ4n) is 1.22. The van der Waals surface area contributed by atoms with Crippen molar-refractivity contribution in [1.29, 1.82) is 0 Å². The van der Waals surface area contributed by atoms with E-state index < -0.39 is 5.92 Å². The SMILES string of the molecule is CCc1ccccc1C(F)(F)C=O. The van der Waals surface area contributed by atoms with E-state index in [1.807, 2.05) is 0 Å². The second-order valence-corrected chi connectivity index (χ2v) is 2.75. The summed E-state index contributed by atoms with van der Waals surface area (Å²) < 4.78 is 25.9. The lowest BCUT2D eigenvalue weighted by Crippen LogP contribution is -2.16. The molecule has 0 spiro atoms. The quantitative estimate of drug-likeness (QED) is 0.660. The second kappa shape index (κ2) is 3.64. The molecule has 0 bridgehead atoms. The first kappa shape index (κ1) is 9.84. The van der Waals surface area contributed by atoms with E-state index >= 15 is 0 Å². The number of aryl methyl sites for hydroxylation is 1. The molecule has 0 saturated carbocycles. The molecule has 0 aliphatic rings. The van der Waals surface area contributed by atoms with Crippen LogP contribution >= 0.6 is 0 Å². The first-order valence-corrected chi connectivity index (χ1v) is 4.04. The van der Waals surface area contributed by atoms with Gasteiger partial charge in [-0.3, -0.25) is 4.79 Å². The smallest absolute Gasteiger partial charge is 0.296 e. The standard InChI is InChI=1S/C10H10F2O/c1-2-8-5-3-4-6-9(8)10(11,12)7-13/h3-7H,2H2,1H3. The molecule has 0 N–H and O–H groups in total. The molecule has 0 saturated heterocycles. The highest BCUT2D eigenvalue weighted by atomic mass is 19.3. The van der Waals surface area contributed by atoms with Crippen LogP contribution < -0.4 is 0 Å². The fraction of sp³-hybridized carbons (Fsp3) is 0.300. The molecule has 1 nitrogen and oxygen atoms in total. The minimum Gasteiger partial charge on any atom is -0.296 e. The van der Waals surface area contributed by atoms with Gasteiger partial charge in [0.25, 0.3) is 0 Å². The third-order valence-corrected chi connectivity index (χ3v) is 1.91. The molecule has 3 heteroatoms. The lowest BCUT2D eigenvalue weighted by Gasteiger charge is -2.12. The molecule has 0 aromatic heterocycles. The van der Waals surface area contributed by atoms with Gasteiger partial charge in [0, 0.05) is 5.56 Å². The average Bonchev–Trinajstić information content (AvgIpc) is 2.18. The monoisotopic (exact) mass is 184 g/mol. The molecule has 70 valence electrons. The molecule has 0 fully saturated rings. The maximum atomic E-state index is 13.0. The highest BCUT2D eigenvalue weighted by molar-refractivity contribution is 5.64. The molecular weight excluding hydrogens is 174 g/mol. The van der Waals surface area contributed by atoms with Crippen LogP contribution in [-0.2, 0) is 17.1 Å². The maximum Gasteiger partial charge on any atom is 0.327 e. The van der Waals surface area contributed by atoms with Crippen LogP contribution in [0, 0.1) is 0 Å². The Morgan fingerprint density at radius 2 is 2.00 bits per heavy atom. The molecule has 0 heterocycles. The minimum absolute atomic E-state index is 0.187. The third-order valence-electron chi connectivity index (χ3n) is 1.91. The predicted octanol–water partition coefficient (Wildman–Crippen LogP) is 2.54. The van der Waals surface area contributed by atoms with Crippen molar-refractivity contribution >= 4 is 6.29 Å². The molecule has 1 aromatic carbocycles. The van der Waals surface area contributed by atoms with Crippen LogP contribution in [0.3, 0.4) is 0 Å². The highest BCUT2D eigenvalue weighted by Crippen LogP contribution is 2.28. The zero-order valence-corrected chi connectivity index (χ0v) is 7.26. The average molecular weight is 184 g/mol. The van der Waals surface area contributed by atoms with E-state index in [9.17, 15) is 13.6 Å². The van der Waals surface area contributed by atoms with Gasteiger partial charge in [-0.15, -0.1) is 0 Å². The van der Waals surface area contributed by atoms with Gasteiger partial charge in [-0.1, -0.05) is 31.2 Å². The van der Waals surface area contributed by atoms with Gasteiger partial charge in [0.05, 0.1) is 0 Å². The summed E-state index contributed by atoms with van der Waals surface area (Å²) in [5.74, 6) is -3.35. The van der Waals surface area contributed by atoms with Crippen LogP contribution in [0.5, 0.6) is 0 Å². The fourth-order valence-corrected chi connectivity index (χ4v) is 1.22. The van der Waals surface area contributed by atoms with Gasteiger partial charge >= 0.3 is 5.92 Å². The van der Waals surface area contributed by atoms with Crippen LogP contribution in [0.15, 0.2) is 24.3 Å². The predicted molar refractivity (Wildman–Crippen MR) is 45.8 cm³/mol. The molecular formula is C10H10F2O. The van der Waals surface area contributed by atoms with E-state index in [0.29, 0.717) is 12.0 Å². The summed E-state index contributed by atoms with van der Waals surface area (Å²) in [5, 5.41) is 0. The first-order chi connectivity index (χ1) is 6.11. The Hall–Kier alpha value is -1.25. The number of alkyl halides is 2. The van der Waals surface area contributed by atoms with Crippen molar-refractivity contribution in [2.75, 3.05) is 0 Å². The van der Waals surface area contributed by atoms with E-state index in [4.69, 9.17) is 0 Å². The lowest BCUT2D eigenvalue weighted by molar-refractivity contribution is -0.130. The number of halogens is 2. The Balaban J connectivity index is 3.20. The summed E-state index contributed by atoms with van der Waals surface area (Å²) in [6.45, 7) is 1.78. The van der Waals surface area contributed by atoms with Crippen molar-refractivity contribution < 1.29 is 13.6 Å². The van der Waals surface area contributed by atoms with Crippen molar-refractivity contribution in [3.63, 3.8) is 0 Å². The van der Waals surface area contributed by atoms with Crippen LogP contribution in [0.4, 0.5) is 8.78 Å². The molecule has 0 aliphatic carbocycles. The second-order valence-electron chi connectivity index (χ2n) is 2.75. The van der Waals surface area contributed by atoms with Crippen molar-refractivity contribution in [1.82, 2.24) is 0 Å². The molecule has 13 heavy (non-hydrogen) atoms. The summed E-state index contributed by atoms with van der Waals surface area (Å²) in [6, 6.07) is 6.08. The summed E-state index contributed by atoms with van der Waals surface area (Å²) in [5.41, 5.74) is 0.326. The Kier molecular flexibility index (Phi) is 2.76. The zero-order valence-electron chi connectivity index (χ0n) is 7.26. The van der Waals surface area contributed by atoms with Crippen LogP contribution in [-0.4, -0.2) is 6.29 Å². The van der Waals surface area contributed by atoms with E-state index in [0.717, 1.165) is 0 Å². The Morgan fingerprint density at radius 1 is 1.38 bits per heavy atom.